The van der Waals surface area contributed by atoms with Crippen molar-refractivity contribution in [1.29, 1.82) is 0 Å². The van der Waals surface area contributed by atoms with Crippen LogP contribution in [-0.4, -0.2) is 23.7 Å². The molecule has 1 aromatic carbocycles. The summed E-state index contributed by atoms with van der Waals surface area (Å²) in [6.07, 6.45) is 2.22. The molecule has 6 nitrogen and oxygen atoms in total. The zero-order valence-electron chi connectivity index (χ0n) is 11.5. The van der Waals surface area contributed by atoms with Crippen molar-refractivity contribution in [3.63, 3.8) is 0 Å². The summed E-state index contributed by atoms with van der Waals surface area (Å²) in [4.78, 5) is 23.1. The molecule has 1 aliphatic heterocycles. The number of halogens is 1. The molecule has 0 aliphatic carbocycles. The molecule has 0 spiro atoms. The van der Waals surface area contributed by atoms with Gasteiger partial charge >= 0.3 is 0 Å². The van der Waals surface area contributed by atoms with E-state index in [1.54, 1.807) is 13.1 Å². The van der Waals surface area contributed by atoms with Crippen LogP contribution in [0.25, 0.3) is 0 Å². The van der Waals surface area contributed by atoms with Crippen LogP contribution in [0.15, 0.2) is 38.9 Å². The summed E-state index contributed by atoms with van der Waals surface area (Å²) in [6, 6.07) is 7.54. The quantitative estimate of drug-likeness (QED) is 0.626. The highest BCUT2D eigenvalue weighted by molar-refractivity contribution is 9.10. The fourth-order valence-corrected chi connectivity index (χ4v) is 2.15. The maximum Gasteiger partial charge on any atom is 0.248 e. The predicted molar refractivity (Wildman–Crippen MR) is 83.9 cm³/mol. The lowest BCUT2D eigenvalue weighted by Crippen LogP contribution is -2.25. The SMILES string of the molecule is CC1=NNC(=O)C1CCC(=O)NN=Cc1ccc(Br)cc1. The standard InChI is InChI=1S/C14H15BrN4O2/c1-9-12(14(21)19-17-9)6-7-13(20)18-16-8-10-2-4-11(15)5-3-10/h2-5,8,12H,6-7H2,1H3,(H,18,20)(H,19,21). The van der Waals surface area contributed by atoms with Crippen LogP contribution in [0.2, 0.25) is 0 Å². The first kappa shape index (κ1) is 15.4. The van der Waals surface area contributed by atoms with Gasteiger partial charge in [-0.2, -0.15) is 10.2 Å². The van der Waals surface area contributed by atoms with Crippen molar-refractivity contribution < 1.29 is 9.59 Å². The lowest BCUT2D eigenvalue weighted by molar-refractivity contribution is -0.123. The molecule has 1 heterocycles. The first-order valence-electron chi connectivity index (χ1n) is 6.48. The van der Waals surface area contributed by atoms with Crippen molar-refractivity contribution in [3.05, 3.63) is 34.3 Å². The molecule has 1 aliphatic rings. The van der Waals surface area contributed by atoms with Crippen LogP contribution in [0, 0.1) is 5.92 Å². The first-order chi connectivity index (χ1) is 10.1. The molecular formula is C14H15BrN4O2. The number of rotatable bonds is 5. The minimum Gasteiger partial charge on any atom is -0.273 e. The Morgan fingerprint density at radius 1 is 1.48 bits per heavy atom. The molecule has 0 aromatic heterocycles. The fraction of sp³-hybridized carbons (Fsp3) is 0.286. The zero-order valence-corrected chi connectivity index (χ0v) is 13.1. The average molecular weight is 351 g/mol. The van der Waals surface area contributed by atoms with Crippen molar-refractivity contribution in [2.24, 2.45) is 16.1 Å². The van der Waals surface area contributed by atoms with Crippen LogP contribution in [0.5, 0.6) is 0 Å². The summed E-state index contributed by atoms with van der Waals surface area (Å²) in [6.45, 7) is 1.77. The Bertz CT molecular complexity index is 595. The highest BCUT2D eigenvalue weighted by Gasteiger charge is 2.26. The summed E-state index contributed by atoms with van der Waals surface area (Å²) in [5, 5.41) is 7.72. The topological polar surface area (TPSA) is 82.9 Å². The molecule has 2 rings (SSSR count). The second-order valence-electron chi connectivity index (χ2n) is 4.67. The van der Waals surface area contributed by atoms with E-state index >= 15 is 0 Å². The molecule has 1 atom stereocenters. The number of nitrogens with zero attached hydrogens (tertiary/aromatic N) is 2. The number of hydrogen-bond donors (Lipinski definition) is 2. The van der Waals surface area contributed by atoms with Gasteiger partial charge in [0.25, 0.3) is 0 Å². The monoisotopic (exact) mass is 350 g/mol. The van der Waals surface area contributed by atoms with Gasteiger partial charge in [-0.15, -0.1) is 0 Å². The average Bonchev–Trinajstić information content (AvgIpc) is 2.78. The van der Waals surface area contributed by atoms with Crippen molar-refractivity contribution >= 4 is 39.7 Å². The highest BCUT2D eigenvalue weighted by Crippen LogP contribution is 2.13. The third-order valence-electron chi connectivity index (χ3n) is 3.10. The molecule has 110 valence electrons. The molecule has 21 heavy (non-hydrogen) atoms. The molecule has 0 bridgehead atoms. The van der Waals surface area contributed by atoms with Crippen LogP contribution in [0.4, 0.5) is 0 Å². The predicted octanol–water partition coefficient (Wildman–Crippen LogP) is 1.80. The maximum atomic E-state index is 11.7. The maximum absolute atomic E-state index is 11.7. The largest absolute Gasteiger partial charge is 0.273 e. The third kappa shape index (κ3) is 4.49. The molecule has 0 saturated heterocycles. The minimum atomic E-state index is -0.314. The lowest BCUT2D eigenvalue weighted by Gasteiger charge is -2.06. The number of carbonyl (C=O) groups is 2. The smallest absolute Gasteiger partial charge is 0.248 e. The molecule has 7 heteroatoms. The van der Waals surface area contributed by atoms with E-state index in [0.29, 0.717) is 12.1 Å². The van der Waals surface area contributed by atoms with E-state index in [1.165, 1.54) is 0 Å². The van der Waals surface area contributed by atoms with Gasteiger partial charge < -0.3 is 0 Å². The summed E-state index contributed by atoms with van der Waals surface area (Å²) >= 11 is 3.34. The van der Waals surface area contributed by atoms with Gasteiger partial charge in [0.2, 0.25) is 11.8 Å². The number of amides is 2. The van der Waals surface area contributed by atoms with E-state index in [-0.39, 0.29) is 24.2 Å². The Labute approximate surface area is 130 Å². The van der Waals surface area contributed by atoms with Crippen molar-refractivity contribution in [2.45, 2.75) is 19.8 Å². The molecule has 0 fully saturated rings. The molecule has 2 amide bonds. The van der Waals surface area contributed by atoms with Gasteiger partial charge in [0.05, 0.1) is 12.1 Å². The van der Waals surface area contributed by atoms with Crippen molar-refractivity contribution in [3.8, 4) is 0 Å². The van der Waals surface area contributed by atoms with Crippen LogP contribution in [0.1, 0.15) is 25.3 Å². The van der Waals surface area contributed by atoms with E-state index < -0.39 is 0 Å². The second kappa shape index (κ2) is 7.12. The molecule has 1 aromatic rings. The third-order valence-corrected chi connectivity index (χ3v) is 3.62. The van der Waals surface area contributed by atoms with E-state index in [0.717, 1.165) is 10.0 Å². The lowest BCUT2D eigenvalue weighted by atomic mass is 9.99. The Morgan fingerprint density at radius 3 is 2.81 bits per heavy atom. The summed E-state index contributed by atoms with van der Waals surface area (Å²) in [7, 11) is 0. The fourth-order valence-electron chi connectivity index (χ4n) is 1.89. The zero-order chi connectivity index (χ0) is 15.2. The molecular weight excluding hydrogens is 336 g/mol. The summed E-state index contributed by atoms with van der Waals surface area (Å²) < 4.78 is 0.982. The van der Waals surface area contributed by atoms with Crippen LogP contribution >= 0.6 is 15.9 Å². The first-order valence-corrected chi connectivity index (χ1v) is 7.27. The number of carbonyl (C=O) groups excluding carboxylic acids is 2. The van der Waals surface area contributed by atoms with Crippen molar-refractivity contribution in [1.82, 2.24) is 10.9 Å². The molecule has 0 saturated carbocycles. The highest BCUT2D eigenvalue weighted by atomic mass is 79.9. The Balaban J connectivity index is 1.76. The van der Waals surface area contributed by atoms with E-state index in [2.05, 4.69) is 37.0 Å². The summed E-state index contributed by atoms with van der Waals surface area (Å²) in [5.41, 5.74) is 6.44. The number of nitrogens with one attached hydrogen (secondary N) is 2. The normalized spacial score (nSPS) is 17.7. The summed E-state index contributed by atoms with van der Waals surface area (Å²) in [5.74, 6) is -0.694. The van der Waals surface area contributed by atoms with Gasteiger partial charge in [0.15, 0.2) is 0 Å². The van der Waals surface area contributed by atoms with Gasteiger partial charge in [-0.3, -0.25) is 9.59 Å². The van der Waals surface area contributed by atoms with Crippen LogP contribution in [0.3, 0.4) is 0 Å². The van der Waals surface area contributed by atoms with Crippen molar-refractivity contribution in [2.75, 3.05) is 0 Å². The van der Waals surface area contributed by atoms with Gasteiger partial charge in [-0.05, 0) is 31.0 Å². The molecule has 0 radical (unpaired) electrons. The van der Waals surface area contributed by atoms with Crippen LogP contribution in [-0.2, 0) is 9.59 Å². The Kier molecular flexibility index (Phi) is 5.21. The Morgan fingerprint density at radius 2 is 2.19 bits per heavy atom. The second-order valence-corrected chi connectivity index (χ2v) is 5.58. The number of benzene rings is 1. The van der Waals surface area contributed by atoms with Gasteiger partial charge in [-0.1, -0.05) is 28.1 Å². The number of hydrazone groups is 2. The van der Waals surface area contributed by atoms with E-state index in [9.17, 15) is 9.59 Å². The van der Waals surface area contributed by atoms with Gasteiger partial charge in [0, 0.05) is 16.6 Å². The molecule has 2 N–H and O–H groups in total. The van der Waals surface area contributed by atoms with Gasteiger partial charge in [-0.25, -0.2) is 10.9 Å². The van der Waals surface area contributed by atoms with E-state index in [1.807, 2.05) is 24.3 Å². The number of hydrogen-bond acceptors (Lipinski definition) is 4. The van der Waals surface area contributed by atoms with E-state index in [4.69, 9.17) is 0 Å². The Hall–Kier alpha value is -2.02. The molecule has 1 unspecified atom stereocenters. The van der Waals surface area contributed by atoms with Gasteiger partial charge in [0.1, 0.15) is 0 Å². The van der Waals surface area contributed by atoms with Crippen LogP contribution < -0.4 is 10.9 Å². The minimum absolute atomic E-state index is 0.154.